The highest BCUT2D eigenvalue weighted by molar-refractivity contribution is 7.03. The summed E-state index contributed by atoms with van der Waals surface area (Å²) in [5, 5.41) is 8.64. The monoisotopic (exact) mass is 437 g/mol. The third-order valence-electron chi connectivity index (χ3n) is 5.25. The summed E-state index contributed by atoms with van der Waals surface area (Å²) in [6.07, 6.45) is 4.81. The lowest BCUT2D eigenvalue weighted by Gasteiger charge is -2.34. The van der Waals surface area contributed by atoms with Gasteiger partial charge in [-0.15, -0.1) is 5.10 Å². The van der Waals surface area contributed by atoms with E-state index in [-0.39, 0.29) is 17.5 Å². The molecule has 2 heterocycles. The van der Waals surface area contributed by atoms with Gasteiger partial charge in [0.15, 0.2) is 5.69 Å². The normalized spacial score (nSPS) is 12.3. The predicted molar refractivity (Wildman–Crippen MR) is 122 cm³/mol. The minimum absolute atomic E-state index is 0.198. The molecule has 0 saturated heterocycles. The molecule has 162 valence electrons. The molecule has 0 saturated carbocycles. The number of nitrogens with zero attached hydrogens (tertiary/aromatic N) is 4. The molecule has 2 amide bonds. The Morgan fingerprint density at radius 2 is 2.00 bits per heavy atom. The highest BCUT2D eigenvalue weighted by Gasteiger charge is 2.36. The highest BCUT2D eigenvalue weighted by Crippen LogP contribution is 2.31. The molecule has 0 bridgehead atoms. The maximum atomic E-state index is 13.6. The van der Waals surface area contributed by atoms with Crippen LogP contribution in [0.15, 0.2) is 54.2 Å². The van der Waals surface area contributed by atoms with Gasteiger partial charge in [-0.05, 0) is 62.0 Å². The summed E-state index contributed by atoms with van der Waals surface area (Å²) in [7, 11) is 0. The Morgan fingerprint density at radius 3 is 2.61 bits per heavy atom. The molecule has 0 radical (unpaired) electrons. The number of carbonyl (C=O) groups excluding carboxylic acids is 2. The molecule has 1 aromatic carbocycles. The van der Waals surface area contributed by atoms with E-state index in [1.165, 1.54) is 4.90 Å². The van der Waals surface area contributed by atoms with Gasteiger partial charge >= 0.3 is 0 Å². The molecule has 0 spiro atoms. The number of amides is 2. The van der Waals surface area contributed by atoms with E-state index in [0.717, 1.165) is 29.9 Å². The summed E-state index contributed by atoms with van der Waals surface area (Å²) in [6, 6.07) is 10.3. The summed E-state index contributed by atoms with van der Waals surface area (Å²) < 4.78 is 3.83. The van der Waals surface area contributed by atoms with E-state index in [1.54, 1.807) is 29.9 Å². The first kappa shape index (κ1) is 22.6. The number of hydrogen-bond donors (Lipinski definition) is 1. The second-order valence-corrected chi connectivity index (χ2v) is 8.51. The number of rotatable bonds is 8. The number of anilines is 1. The fourth-order valence-electron chi connectivity index (χ4n) is 3.14. The van der Waals surface area contributed by atoms with Gasteiger partial charge in [0.2, 0.25) is 5.91 Å². The number of benzene rings is 1. The van der Waals surface area contributed by atoms with Crippen LogP contribution in [0, 0.1) is 0 Å². The van der Waals surface area contributed by atoms with E-state index in [9.17, 15) is 9.59 Å². The van der Waals surface area contributed by atoms with Crippen molar-refractivity contribution in [1.82, 2.24) is 19.9 Å². The Bertz CT molecular complexity index is 1020. The maximum Gasteiger partial charge on any atom is 0.280 e. The van der Waals surface area contributed by atoms with Crippen LogP contribution in [0.25, 0.3) is 0 Å². The van der Waals surface area contributed by atoms with E-state index in [2.05, 4.69) is 19.9 Å². The summed E-state index contributed by atoms with van der Waals surface area (Å²) in [5.74, 6) is -0.668. The van der Waals surface area contributed by atoms with Gasteiger partial charge in [-0.1, -0.05) is 36.5 Å². The van der Waals surface area contributed by atoms with E-state index < -0.39 is 11.6 Å². The van der Waals surface area contributed by atoms with Crippen LogP contribution >= 0.6 is 11.5 Å². The second-order valence-electron chi connectivity index (χ2n) is 7.90. The van der Waals surface area contributed by atoms with Crippen LogP contribution < -0.4 is 10.2 Å². The molecule has 0 aliphatic rings. The molecule has 8 heteroatoms. The lowest BCUT2D eigenvalue weighted by Crippen LogP contribution is -2.50. The van der Waals surface area contributed by atoms with Crippen molar-refractivity contribution in [2.24, 2.45) is 0 Å². The summed E-state index contributed by atoms with van der Waals surface area (Å²) in [5.41, 5.74) is 2.06. The average molecular weight is 438 g/mol. The Balaban J connectivity index is 2.16. The van der Waals surface area contributed by atoms with Crippen molar-refractivity contribution in [2.75, 3.05) is 4.90 Å². The van der Waals surface area contributed by atoms with Gasteiger partial charge < -0.3 is 5.32 Å². The minimum atomic E-state index is -0.916. The largest absolute Gasteiger partial charge is 0.349 e. The van der Waals surface area contributed by atoms with Gasteiger partial charge in [0.05, 0.1) is 0 Å². The molecule has 7 nitrogen and oxygen atoms in total. The summed E-state index contributed by atoms with van der Waals surface area (Å²) in [6.45, 7) is 7.97. The number of hydrogen-bond acceptors (Lipinski definition) is 6. The van der Waals surface area contributed by atoms with Crippen LogP contribution in [0.5, 0.6) is 0 Å². The molecular formula is C23H27N5O2S. The molecular weight excluding hydrogens is 410 g/mol. The average Bonchev–Trinajstić information content (AvgIpc) is 3.32. The van der Waals surface area contributed by atoms with Crippen LogP contribution in [-0.2, 0) is 11.2 Å². The standard InChI is InChI=1S/C23H27N5O2S/c1-5-16-9-7-11-18(13-16)28(22(30)19-15-31-27-26-19)20(17-10-8-12-24-14-17)21(29)25-23(3,4)6-2/h7-15,20H,5-6H2,1-4H3,(H,25,29)/t20-/m0/s1. The quantitative estimate of drug-likeness (QED) is 0.571. The lowest BCUT2D eigenvalue weighted by atomic mass is 9.98. The van der Waals surface area contributed by atoms with Crippen molar-refractivity contribution in [3.8, 4) is 0 Å². The topological polar surface area (TPSA) is 88.1 Å². The van der Waals surface area contributed by atoms with E-state index in [0.29, 0.717) is 11.3 Å². The molecule has 0 aliphatic carbocycles. The third kappa shape index (κ3) is 5.32. The molecule has 0 aliphatic heterocycles. The van der Waals surface area contributed by atoms with Crippen LogP contribution in [-0.4, -0.2) is 31.9 Å². The van der Waals surface area contributed by atoms with Crippen molar-refractivity contribution in [3.05, 3.63) is 71.0 Å². The van der Waals surface area contributed by atoms with Gasteiger partial charge in [-0.25, -0.2) is 0 Å². The molecule has 0 unspecified atom stereocenters. The highest BCUT2D eigenvalue weighted by atomic mass is 32.1. The second kappa shape index (κ2) is 9.78. The lowest BCUT2D eigenvalue weighted by molar-refractivity contribution is -0.124. The SMILES string of the molecule is CCc1cccc(N(C(=O)c2csnn2)[C@H](C(=O)NC(C)(C)CC)c2cccnc2)c1. The van der Waals surface area contributed by atoms with E-state index in [4.69, 9.17) is 0 Å². The van der Waals surface area contributed by atoms with Gasteiger partial charge in [-0.3, -0.25) is 19.5 Å². The van der Waals surface area contributed by atoms with Gasteiger partial charge in [0.25, 0.3) is 5.91 Å². The van der Waals surface area contributed by atoms with Crippen LogP contribution in [0.1, 0.15) is 61.8 Å². The van der Waals surface area contributed by atoms with Crippen molar-refractivity contribution in [2.45, 2.75) is 52.1 Å². The smallest absolute Gasteiger partial charge is 0.280 e. The first-order chi connectivity index (χ1) is 14.9. The van der Waals surface area contributed by atoms with Crippen LogP contribution in [0.3, 0.4) is 0 Å². The fourth-order valence-corrected chi connectivity index (χ4v) is 3.57. The number of carbonyl (C=O) groups is 2. The van der Waals surface area contributed by atoms with Crippen LogP contribution in [0.4, 0.5) is 5.69 Å². The first-order valence-corrected chi connectivity index (χ1v) is 11.1. The van der Waals surface area contributed by atoms with E-state index >= 15 is 0 Å². The zero-order chi connectivity index (χ0) is 22.4. The molecule has 2 aromatic heterocycles. The maximum absolute atomic E-state index is 13.6. The molecule has 0 fully saturated rings. The minimum Gasteiger partial charge on any atom is -0.349 e. The zero-order valence-electron chi connectivity index (χ0n) is 18.2. The predicted octanol–water partition coefficient (Wildman–Crippen LogP) is 4.19. The molecule has 31 heavy (non-hydrogen) atoms. The van der Waals surface area contributed by atoms with Crippen molar-refractivity contribution < 1.29 is 9.59 Å². The Kier molecular flexibility index (Phi) is 7.12. The third-order valence-corrected chi connectivity index (χ3v) is 5.75. The van der Waals surface area contributed by atoms with Crippen LogP contribution in [0.2, 0.25) is 0 Å². The molecule has 3 rings (SSSR count). The van der Waals surface area contributed by atoms with Crippen molar-refractivity contribution in [3.63, 3.8) is 0 Å². The Hall–Kier alpha value is -3.13. The number of nitrogens with one attached hydrogen (secondary N) is 1. The molecule has 1 N–H and O–H groups in total. The van der Waals surface area contributed by atoms with Crippen molar-refractivity contribution in [1.29, 1.82) is 0 Å². The van der Waals surface area contributed by atoms with Crippen molar-refractivity contribution >= 4 is 29.0 Å². The Labute approximate surface area is 186 Å². The van der Waals surface area contributed by atoms with Gasteiger partial charge in [0, 0.05) is 34.6 Å². The summed E-state index contributed by atoms with van der Waals surface area (Å²) in [4.78, 5) is 32.9. The van der Waals surface area contributed by atoms with Gasteiger partial charge in [0.1, 0.15) is 6.04 Å². The number of aryl methyl sites for hydroxylation is 1. The fraction of sp³-hybridized carbons (Fsp3) is 0.348. The number of aromatic nitrogens is 3. The molecule has 3 aromatic rings. The van der Waals surface area contributed by atoms with Gasteiger partial charge in [-0.2, -0.15) is 0 Å². The molecule has 1 atom stereocenters. The zero-order valence-corrected chi connectivity index (χ0v) is 19.0. The number of pyridine rings is 1. The summed E-state index contributed by atoms with van der Waals surface area (Å²) >= 11 is 1.10. The van der Waals surface area contributed by atoms with E-state index in [1.807, 2.05) is 52.0 Å². The first-order valence-electron chi connectivity index (χ1n) is 10.3. The Morgan fingerprint density at radius 1 is 1.19 bits per heavy atom.